The van der Waals surface area contributed by atoms with Gasteiger partial charge in [-0.3, -0.25) is 9.59 Å². The van der Waals surface area contributed by atoms with Crippen molar-refractivity contribution >= 4 is 23.2 Å². The Morgan fingerprint density at radius 3 is 2.59 bits per heavy atom. The molecule has 0 saturated carbocycles. The SMILES string of the molecule is O=C(CCCNC(=O)c1cccs1)NCCc1ccc(-n2cccn2)cc1. The minimum Gasteiger partial charge on any atom is -0.356 e. The van der Waals surface area contributed by atoms with Crippen LogP contribution in [0, 0.1) is 0 Å². The predicted octanol–water partition coefficient (Wildman–Crippen LogP) is 2.80. The molecule has 140 valence electrons. The van der Waals surface area contributed by atoms with Crippen LogP contribution < -0.4 is 10.6 Å². The highest BCUT2D eigenvalue weighted by molar-refractivity contribution is 7.12. The van der Waals surface area contributed by atoms with E-state index in [0.29, 0.717) is 30.8 Å². The monoisotopic (exact) mass is 382 g/mol. The minimum absolute atomic E-state index is 0.00790. The number of nitrogens with one attached hydrogen (secondary N) is 2. The first-order valence-electron chi connectivity index (χ1n) is 8.90. The van der Waals surface area contributed by atoms with Crippen molar-refractivity contribution in [2.75, 3.05) is 13.1 Å². The van der Waals surface area contributed by atoms with E-state index in [1.54, 1.807) is 12.3 Å². The van der Waals surface area contributed by atoms with Crippen LogP contribution in [0.5, 0.6) is 0 Å². The first-order chi connectivity index (χ1) is 13.2. The van der Waals surface area contributed by atoms with Gasteiger partial charge in [0, 0.05) is 31.9 Å². The molecule has 0 fully saturated rings. The van der Waals surface area contributed by atoms with Crippen molar-refractivity contribution in [3.8, 4) is 5.69 Å². The van der Waals surface area contributed by atoms with E-state index in [0.717, 1.165) is 17.7 Å². The van der Waals surface area contributed by atoms with E-state index in [2.05, 4.69) is 15.7 Å². The standard InChI is InChI=1S/C20H22N4O2S/c25-19(5-1-11-22-20(26)18-4-2-15-27-18)21-13-10-16-6-8-17(9-7-16)24-14-3-12-23-24/h2-4,6-9,12,14-15H,1,5,10-11,13H2,(H,21,25)(H,22,26). The second kappa shape index (κ2) is 9.68. The van der Waals surface area contributed by atoms with Gasteiger partial charge in [-0.05, 0) is 48.1 Å². The van der Waals surface area contributed by atoms with Gasteiger partial charge < -0.3 is 10.6 Å². The molecule has 1 aromatic carbocycles. The summed E-state index contributed by atoms with van der Waals surface area (Å²) in [5.74, 6) is -0.0718. The summed E-state index contributed by atoms with van der Waals surface area (Å²) < 4.78 is 1.81. The highest BCUT2D eigenvalue weighted by atomic mass is 32.1. The van der Waals surface area contributed by atoms with Crippen LogP contribution in [0.25, 0.3) is 5.69 Å². The Kier molecular flexibility index (Phi) is 6.76. The Labute approximate surface area is 162 Å². The van der Waals surface area contributed by atoms with Crippen molar-refractivity contribution in [2.45, 2.75) is 19.3 Å². The van der Waals surface area contributed by atoms with Gasteiger partial charge in [-0.1, -0.05) is 18.2 Å². The van der Waals surface area contributed by atoms with E-state index in [4.69, 9.17) is 0 Å². The number of carbonyl (C=O) groups excluding carboxylic acids is 2. The number of aromatic nitrogens is 2. The molecular formula is C20H22N4O2S. The number of hydrogen-bond acceptors (Lipinski definition) is 4. The zero-order valence-electron chi connectivity index (χ0n) is 14.9. The van der Waals surface area contributed by atoms with Crippen LogP contribution in [0.3, 0.4) is 0 Å². The third-order valence-corrected chi connectivity index (χ3v) is 4.92. The normalized spacial score (nSPS) is 10.5. The molecule has 7 heteroatoms. The van der Waals surface area contributed by atoms with Crippen molar-refractivity contribution in [2.24, 2.45) is 0 Å². The van der Waals surface area contributed by atoms with Gasteiger partial charge in [0.15, 0.2) is 0 Å². The number of amides is 2. The summed E-state index contributed by atoms with van der Waals surface area (Å²) in [5.41, 5.74) is 2.17. The summed E-state index contributed by atoms with van der Waals surface area (Å²) in [6.45, 7) is 1.10. The molecule has 0 bridgehead atoms. The van der Waals surface area contributed by atoms with E-state index in [9.17, 15) is 9.59 Å². The van der Waals surface area contributed by atoms with Crippen molar-refractivity contribution in [3.63, 3.8) is 0 Å². The van der Waals surface area contributed by atoms with Gasteiger partial charge in [0.2, 0.25) is 5.91 Å². The zero-order chi connectivity index (χ0) is 18.9. The average Bonchev–Trinajstić information content (AvgIpc) is 3.39. The van der Waals surface area contributed by atoms with E-state index in [1.807, 2.05) is 52.7 Å². The van der Waals surface area contributed by atoms with Crippen molar-refractivity contribution in [1.29, 1.82) is 0 Å². The lowest BCUT2D eigenvalue weighted by Gasteiger charge is -2.07. The molecule has 0 radical (unpaired) electrons. The molecular weight excluding hydrogens is 360 g/mol. The largest absolute Gasteiger partial charge is 0.356 e. The van der Waals surface area contributed by atoms with Crippen LogP contribution in [0.4, 0.5) is 0 Å². The second-order valence-electron chi connectivity index (χ2n) is 6.05. The summed E-state index contributed by atoms with van der Waals surface area (Å²) in [4.78, 5) is 24.3. The Hall–Kier alpha value is -2.93. The molecule has 2 amide bonds. The maximum atomic E-state index is 11.9. The fourth-order valence-electron chi connectivity index (χ4n) is 2.62. The summed E-state index contributed by atoms with van der Waals surface area (Å²) in [6.07, 6.45) is 5.46. The molecule has 0 atom stereocenters. The molecule has 0 saturated heterocycles. The molecule has 0 aliphatic carbocycles. The van der Waals surface area contributed by atoms with Gasteiger partial charge in [0.1, 0.15) is 0 Å². The third-order valence-electron chi connectivity index (χ3n) is 4.05. The lowest BCUT2D eigenvalue weighted by molar-refractivity contribution is -0.121. The Balaban J connectivity index is 1.30. The average molecular weight is 382 g/mol. The van der Waals surface area contributed by atoms with E-state index in [1.165, 1.54) is 11.3 Å². The highest BCUT2D eigenvalue weighted by Gasteiger charge is 2.06. The zero-order valence-corrected chi connectivity index (χ0v) is 15.7. The molecule has 0 aliphatic rings. The number of nitrogens with zero attached hydrogens (tertiary/aromatic N) is 2. The number of benzene rings is 1. The topological polar surface area (TPSA) is 76.0 Å². The molecule has 6 nitrogen and oxygen atoms in total. The van der Waals surface area contributed by atoms with Crippen LogP contribution >= 0.6 is 11.3 Å². The van der Waals surface area contributed by atoms with Crippen molar-refractivity contribution in [3.05, 3.63) is 70.7 Å². The molecule has 2 heterocycles. The van der Waals surface area contributed by atoms with Gasteiger partial charge in [-0.2, -0.15) is 5.10 Å². The lowest BCUT2D eigenvalue weighted by atomic mass is 10.1. The number of rotatable bonds is 9. The van der Waals surface area contributed by atoms with Crippen LogP contribution in [0.15, 0.2) is 60.2 Å². The predicted molar refractivity (Wildman–Crippen MR) is 106 cm³/mol. The van der Waals surface area contributed by atoms with Crippen LogP contribution in [0.1, 0.15) is 28.1 Å². The summed E-state index contributed by atoms with van der Waals surface area (Å²) >= 11 is 1.41. The van der Waals surface area contributed by atoms with E-state index >= 15 is 0 Å². The van der Waals surface area contributed by atoms with Gasteiger partial charge in [0.05, 0.1) is 10.6 Å². The fourth-order valence-corrected chi connectivity index (χ4v) is 3.26. The number of thiophene rings is 1. The molecule has 3 aromatic rings. The smallest absolute Gasteiger partial charge is 0.261 e. The van der Waals surface area contributed by atoms with Gasteiger partial charge in [-0.15, -0.1) is 11.3 Å². The van der Waals surface area contributed by atoms with Gasteiger partial charge in [-0.25, -0.2) is 4.68 Å². The van der Waals surface area contributed by atoms with Gasteiger partial charge >= 0.3 is 0 Å². The summed E-state index contributed by atoms with van der Waals surface area (Å²) in [5, 5.41) is 11.8. The molecule has 2 aromatic heterocycles. The second-order valence-corrected chi connectivity index (χ2v) is 7.00. The van der Waals surface area contributed by atoms with Crippen LogP contribution in [-0.2, 0) is 11.2 Å². The molecule has 3 rings (SSSR count). The highest BCUT2D eigenvalue weighted by Crippen LogP contribution is 2.09. The van der Waals surface area contributed by atoms with Crippen LogP contribution in [0.2, 0.25) is 0 Å². The molecule has 0 aliphatic heterocycles. The Morgan fingerprint density at radius 2 is 1.89 bits per heavy atom. The molecule has 0 unspecified atom stereocenters. The first-order valence-corrected chi connectivity index (χ1v) is 9.78. The lowest BCUT2D eigenvalue weighted by Crippen LogP contribution is -2.28. The first kappa shape index (κ1) is 18.8. The summed E-state index contributed by atoms with van der Waals surface area (Å²) in [7, 11) is 0. The molecule has 2 N–H and O–H groups in total. The van der Waals surface area contributed by atoms with Crippen LogP contribution in [-0.4, -0.2) is 34.7 Å². The fraction of sp³-hybridized carbons (Fsp3) is 0.250. The summed E-state index contributed by atoms with van der Waals surface area (Å²) in [6, 6.07) is 13.6. The van der Waals surface area contributed by atoms with Crippen molar-refractivity contribution < 1.29 is 9.59 Å². The minimum atomic E-state index is -0.0797. The quantitative estimate of drug-likeness (QED) is 0.559. The van der Waals surface area contributed by atoms with E-state index < -0.39 is 0 Å². The van der Waals surface area contributed by atoms with E-state index in [-0.39, 0.29) is 11.8 Å². The molecule has 27 heavy (non-hydrogen) atoms. The number of carbonyl (C=O) groups is 2. The third kappa shape index (κ3) is 5.79. The van der Waals surface area contributed by atoms with Gasteiger partial charge in [0.25, 0.3) is 5.91 Å². The maximum Gasteiger partial charge on any atom is 0.261 e. The Morgan fingerprint density at radius 1 is 1.04 bits per heavy atom. The number of hydrogen-bond donors (Lipinski definition) is 2. The maximum absolute atomic E-state index is 11.9. The molecule has 0 spiro atoms. The Bertz CT molecular complexity index is 843. The van der Waals surface area contributed by atoms with Crippen molar-refractivity contribution in [1.82, 2.24) is 20.4 Å².